The fourth-order valence-corrected chi connectivity index (χ4v) is 2.69. The topological polar surface area (TPSA) is 20.2 Å². The van der Waals surface area contributed by atoms with Crippen LogP contribution in [0.2, 0.25) is 0 Å². The molecule has 0 aromatic rings. The summed E-state index contributed by atoms with van der Waals surface area (Å²) in [5.41, 5.74) is -0.0896. The molecule has 98 valence electrons. The van der Waals surface area contributed by atoms with E-state index in [1.54, 1.807) is 0 Å². The lowest BCUT2D eigenvalue weighted by Gasteiger charge is -2.29. The van der Waals surface area contributed by atoms with Gasteiger partial charge >= 0.3 is 0 Å². The summed E-state index contributed by atoms with van der Waals surface area (Å²) in [6.07, 6.45) is 5.44. The second-order valence-electron chi connectivity index (χ2n) is 5.88. The quantitative estimate of drug-likeness (QED) is 0.605. The van der Waals surface area contributed by atoms with Gasteiger partial charge in [-0.25, -0.2) is 0 Å². The van der Waals surface area contributed by atoms with Crippen molar-refractivity contribution in [2.24, 2.45) is 5.41 Å². The smallest absolute Gasteiger partial charge is 0.0617 e. The Balaban J connectivity index is 3.77. The Bertz CT molecular complexity index is 176. The van der Waals surface area contributed by atoms with E-state index in [0.717, 1.165) is 19.3 Å². The fraction of sp³-hybridized carbons (Fsp3) is 1.00. The molecule has 0 aromatic carbocycles. The zero-order chi connectivity index (χ0) is 12.7. The van der Waals surface area contributed by atoms with E-state index < -0.39 is 5.60 Å². The van der Waals surface area contributed by atoms with Crippen LogP contribution < -0.4 is 0 Å². The minimum Gasteiger partial charge on any atom is -0.390 e. The summed E-state index contributed by atoms with van der Waals surface area (Å²) in [6.45, 7) is 10.9. The summed E-state index contributed by atoms with van der Waals surface area (Å²) in [5, 5.41) is 9.99. The molecule has 0 fully saturated rings. The summed E-state index contributed by atoms with van der Waals surface area (Å²) in [6, 6.07) is 0. The molecule has 0 rings (SSSR count). The fourth-order valence-electron chi connectivity index (χ4n) is 1.50. The first-order valence-corrected chi connectivity index (χ1v) is 7.78. The molecule has 0 aliphatic heterocycles. The van der Waals surface area contributed by atoms with Gasteiger partial charge in [-0.2, -0.15) is 11.8 Å². The largest absolute Gasteiger partial charge is 0.390 e. The van der Waals surface area contributed by atoms with E-state index in [-0.39, 0.29) is 0 Å². The van der Waals surface area contributed by atoms with Crippen LogP contribution in [0.5, 0.6) is 0 Å². The number of aliphatic hydroxyl groups is 1. The Kier molecular flexibility index (Phi) is 7.75. The Morgan fingerprint density at radius 2 is 1.56 bits per heavy atom. The predicted molar refractivity (Wildman–Crippen MR) is 76.2 cm³/mol. The molecular formula is C14H30OS. The lowest BCUT2D eigenvalue weighted by molar-refractivity contribution is 0.0338. The van der Waals surface area contributed by atoms with Crippen molar-refractivity contribution in [2.45, 2.75) is 72.3 Å². The molecule has 1 nitrogen and oxygen atoms in total. The second kappa shape index (κ2) is 7.60. The van der Waals surface area contributed by atoms with Crippen molar-refractivity contribution < 1.29 is 5.11 Å². The lowest BCUT2D eigenvalue weighted by Crippen LogP contribution is -2.26. The van der Waals surface area contributed by atoms with Gasteiger partial charge in [0, 0.05) is 0 Å². The van der Waals surface area contributed by atoms with E-state index in [4.69, 9.17) is 0 Å². The van der Waals surface area contributed by atoms with Crippen molar-refractivity contribution in [1.29, 1.82) is 0 Å². The number of thioether (sulfide) groups is 1. The molecular weight excluding hydrogens is 216 g/mol. The van der Waals surface area contributed by atoms with E-state index in [1.165, 1.54) is 24.3 Å². The third kappa shape index (κ3) is 8.46. The normalized spacial score (nSPS) is 16.1. The number of rotatable bonds is 9. The van der Waals surface area contributed by atoms with E-state index in [0.29, 0.717) is 5.41 Å². The van der Waals surface area contributed by atoms with E-state index in [9.17, 15) is 5.11 Å². The number of hydrogen-bond acceptors (Lipinski definition) is 2. The van der Waals surface area contributed by atoms with Crippen LogP contribution in [-0.4, -0.2) is 22.2 Å². The standard InChI is InChI=1S/C14H30OS/c1-6-11-16-12-10-13(3,4)8-9-14(5,15)7-2/h15H,6-12H2,1-5H3. The van der Waals surface area contributed by atoms with Crippen molar-refractivity contribution in [3.05, 3.63) is 0 Å². The van der Waals surface area contributed by atoms with Gasteiger partial charge in [0.05, 0.1) is 5.60 Å². The van der Waals surface area contributed by atoms with E-state index >= 15 is 0 Å². The number of hydrogen-bond donors (Lipinski definition) is 1. The average Bonchev–Trinajstić information content (AvgIpc) is 2.22. The molecule has 0 aromatic heterocycles. The molecule has 0 aliphatic carbocycles. The van der Waals surface area contributed by atoms with Crippen molar-refractivity contribution in [3.8, 4) is 0 Å². The van der Waals surface area contributed by atoms with Gasteiger partial charge in [0.25, 0.3) is 0 Å². The van der Waals surface area contributed by atoms with Crippen LogP contribution in [0.15, 0.2) is 0 Å². The van der Waals surface area contributed by atoms with Gasteiger partial charge in [-0.1, -0.05) is 27.7 Å². The van der Waals surface area contributed by atoms with Crippen molar-refractivity contribution >= 4 is 11.8 Å². The molecule has 0 saturated heterocycles. The van der Waals surface area contributed by atoms with Gasteiger partial charge in [-0.15, -0.1) is 0 Å². The molecule has 0 bridgehead atoms. The summed E-state index contributed by atoms with van der Waals surface area (Å²) >= 11 is 2.06. The van der Waals surface area contributed by atoms with Crippen molar-refractivity contribution in [3.63, 3.8) is 0 Å². The first-order chi connectivity index (χ1) is 7.33. The first kappa shape index (κ1) is 16.3. The van der Waals surface area contributed by atoms with Gasteiger partial charge in [0.1, 0.15) is 0 Å². The maximum Gasteiger partial charge on any atom is 0.0617 e. The highest BCUT2D eigenvalue weighted by molar-refractivity contribution is 7.99. The van der Waals surface area contributed by atoms with Crippen LogP contribution in [0, 0.1) is 5.41 Å². The molecule has 1 atom stereocenters. The summed E-state index contributed by atoms with van der Waals surface area (Å²) < 4.78 is 0. The average molecular weight is 246 g/mol. The highest BCUT2D eigenvalue weighted by Crippen LogP contribution is 2.32. The molecule has 2 heteroatoms. The SMILES string of the molecule is CCCSCCC(C)(C)CCC(C)(O)CC. The highest BCUT2D eigenvalue weighted by atomic mass is 32.2. The maximum absolute atomic E-state index is 9.99. The van der Waals surface area contributed by atoms with Crippen LogP contribution in [0.1, 0.15) is 66.7 Å². The predicted octanol–water partition coefficient (Wildman–Crippen LogP) is 4.49. The van der Waals surface area contributed by atoms with Crippen LogP contribution >= 0.6 is 11.8 Å². The van der Waals surface area contributed by atoms with Crippen LogP contribution in [0.25, 0.3) is 0 Å². The minimum absolute atomic E-state index is 0.375. The Morgan fingerprint density at radius 1 is 0.938 bits per heavy atom. The lowest BCUT2D eigenvalue weighted by atomic mass is 9.81. The van der Waals surface area contributed by atoms with Gasteiger partial charge in [-0.05, 0) is 55.9 Å². The zero-order valence-corrected chi connectivity index (χ0v) is 12.6. The minimum atomic E-state index is -0.464. The van der Waals surface area contributed by atoms with Crippen LogP contribution in [-0.2, 0) is 0 Å². The van der Waals surface area contributed by atoms with Gasteiger partial charge in [-0.3, -0.25) is 0 Å². The van der Waals surface area contributed by atoms with Crippen molar-refractivity contribution in [1.82, 2.24) is 0 Å². The van der Waals surface area contributed by atoms with Gasteiger partial charge in [0.2, 0.25) is 0 Å². The summed E-state index contributed by atoms with van der Waals surface area (Å²) in [7, 11) is 0. The molecule has 0 radical (unpaired) electrons. The molecule has 16 heavy (non-hydrogen) atoms. The Hall–Kier alpha value is 0.310. The third-order valence-corrected chi connectivity index (χ3v) is 4.56. The Labute approximate surface area is 106 Å². The molecule has 0 amide bonds. The zero-order valence-electron chi connectivity index (χ0n) is 11.8. The molecule has 0 spiro atoms. The van der Waals surface area contributed by atoms with Crippen LogP contribution in [0.3, 0.4) is 0 Å². The van der Waals surface area contributed by atoms with E-state index in [1.807, 2.05) is 6.92 Å². The van der Waals surface area contributed by atoms with Gasteiger partial charge in [0.15, 0.2) is 0 Å². The van der Waals surface area contributed by atoms with Crippen molar-refractivity contribution in [2.75, 3.05) is 11.5 Å². The molecule has 1 unspecified atom stereocenters. The maximum atomic E-state index is 9.99. The first-order valence-electron chi connectivity index (χ1n) is 6.63. The molecule has 0 saturated carbocycles. The Morgan fingerprint density at radius 3 is 2.06 bits per heavy atom. The monoisotopic (exact) mass is 246 g/mol. The summed E-state index contributed by atoms with van der Waals surface area (Å²) in [5.74, 6) is 2.54. The molecule has 1 N–H and O–H groups in total. The van der Waals surface area contributed by atoms with Crippen LogP contribution in [0.4, 0.5) is 0 Å². The molecule has 0 aliphatic rings. The molecule has 0 heterocycles. The van der Waals surface area contributed by atoms with Gasteiger partial charge < -0.3 is 5.11 Å². The third-order valence-electron chi connectivity index (χ3n) is 3.37. The highest BCUT2D eigenvalue weighted by Gasteiger charge is 2.24. The second-order valence-corrected chi connectivity index (χ2v) is 7.10. The van der Waals surface area contributed by atoms with E-state index in [2.05, 4.69) is 39.5 Å². The summed E-state index contributed by atoms with van der Waals surface area (Å²) in [4.78, 5) is 0.